The molecule has 0 radical (unpaired) electrons. The van der Waals surface area contributed by atoms with Gasteiger partial charge in [0.2, 0.25) is 5.79 Å². The molecule has 35 heavy (non-hydrogen) atoms. The van der Waals surface area contributed by atoms with Crippen LogP contribution in [0.15, 0.2) is 18.2 Å². The highest BCUT2D eigenvalue weighted by atomic mass is 32.1. The molecule has 2 saturated heterocycles. The number of para-hydroxylation sites is 1. The Balaban J connectivity index is 1.20. The number of carboxylic acid groups (broad SMARTS) is 1. The number of thiophene rings is 1. The van der Waals surface area contributed by atoms with Crippen molar-refractivity contribution in [3.8, 4) is 11.5 Å². The molecule has 0 amide bonds. The number of hydrogen-bond donors (Lipinski definition) is 1. The van der Waals surface area contributed by atoms with Gasteiger partial charge in [0.25, 0.3) is 0 Å². The number of carboxylic acids is 1. The number of aromatic nitrogens is 2. The molecular weight excluding hydrogens is 473 g/mol. The molecule has 8 nitrogen and oxygen atoms in total. The molecule has 0 saturated carbocycles. The van der Waals surface area contributed by atoms with Crippen LogP contribution in [0, 0.1) is 5.82 Å². The fourth-order valence-electron chi connectivity index (χ4n) is 5.27. The summed E-state index contributed by atoms with van der Waals surface area (Å²) in [5.74, 6) is 0.192. The van der Waals surface area contributed by atoms with Crippen LogP contribution in [-0.4, -0.2) is 57.1 Å². The third-order valence-electron chi connectivity index (χ3n) is 7.10. The van der Waals surface area contributed by atoms with E-state index in [0.717, 1.165) is 61.0 Å². The normalized spacial score (nSPS) is 22.0. The van der Waals surface area contributed by atoms with Crippen LogP contribution in [-0.2, 0) is 17.8 Å². The first kappa shape index (κ1) is 22.8. The monoisotopic (exact) mass is 501 g/mol. The molecular formula is C25H28FN3O5S. The van der Waals surface area contributed by atoms with E-state index in [0.29, 0.717) is 30.4 Å². The number of imidazole rings is 1. The predicted molar refractivity (Wildman–Crippen MR) is 128 cm³/mol. The molecule has 0 bridgehead atoms. The van der Waals surface area contributed by atoms with Gasteiger partial charge in [-0.25, -0.2) is 14.2 Å². The lowest BCUT2D eigenvalue weighted by Gasteiger charge is -2.33. The number of rotatable bonds is 6. The summed E-state index contributed by atoms with van der Waals surface area (Å²) in [6.07, 6.45) is 2.86. The minimum atomic E-state index is -1.26. The summed E-state index contributed by atoms with van der Waals surface area (Å²) in [5, 5.41) is 9.34. The van der Waals surface area contributed by atoms with Gasteiger partial charge in [0.05, 0.1) is 19.2 Å². The largest absolute Gasteiger partial charge is 0.477 e. The number of likely N-dealkylation sites (tertiary alicyclic amines) is 1. The van der Waals surface area contributed by atoms with Crippen LogP contribution in [0.4, 0.5) is 4.39 Å². The molecule has 3 aliphatic rings. The molecule has 2 aromatic heterocycles. The maximum Gasteiger partial charge on any atom is 0.349 e. The zero-order valence-corrected chi connectivity index (χ0v) is 20.6. The Hall–Kier alpha value is -2.69. The summed E-state index contributed by atoms with van der Waals surface area (Å²) in [4.78, 5) is 18.6. The van der Waals surface area contributed by atoms with E-state index < -0.39 is 17.6 Å². The average molecular weight is 502 g/mol. The number of ether oxygens (including phenoxy) is 3. The van der Waals surface area contributed by atoms with Crippen molar-refractivity contribution >= 4 is 27.7 Å². The molecule has 0 unspecified atom stereocenters. The summed E-state index contributed by atoms with van der Waals surface area (Å²) in [6, 6.07) is 6.11. The van der Waals surface area contributed by atoms with Crippen LogP contribution >= 0.6 is 11.3 Å². The maximum atomic E-state index is 15.0. The fourth-order valence-corrected chi connectivity index (χ4v) is 6.19. The van der Waals surface area contributed by atoms with Crippen molar-refractivity contribution in [3.63, 3.8) is 0 Å². The lowest BCUT2D eigenvalue weighted by Crippen LogP contribution is -2.35. The Kier molecular flexibility index (Phi) is 5.50. The van der Waals surface area contributed by atoms with Gasteiger partial charge in [-0.05, 0) is 44.3 Å². The van der Waals surface area contributed by atoms with Crippen molar-refractivity contribution in [2.45, 2.75) is 64.0 Å². The van der Waals surface area contributed by atoms with E-state index in [1.54, 1.807) is 0 Å². The summed E-state index contributed by atoms with van der Waals surface area (Å²) in [7, 11) is 0. The van der Waals surface area contributed by atoms with Crippen LogP contribution in [0.1, 0.15) is 60.1 Å². The highest BCUT2D eigenvalue weighted by molar-refractivity contribution is 7.20. The van der Waals surface area contributed by atoms with E-state index >= 15 is 0 Å². The van der Waals surface area contributed by atoms with Crippen molar-refractivity contribution in [2.75, 3.05) is 19.7 Å². The third kappa shape index (κ3) is 4.07. The van der Waals surface area contributed by atoms with Gasteiger partial charge >= 0.3 is 5.97 Å². The van der Waals surface area contributed by atoms with E-state index in [1.165, 1.54) is 5.56 Å². The Morgan fingerprint density at radius 3 is 2.71 bits per heavy atom. The molecule has 3 aromatic rings. The summed E-state index contributed by atoms with van der Waals surface area (Å²) in [5.41, 5.74) is 1.48. The Morgan fingerprint density at radius 2 is 2.03 bits per heavy atom. The second-order valence-electron chi connectivity index (χ2n) is 9.95. The highest BCUT2D eigenvalue weighted by Gasteiger charge is 2.36. The maximum absolute atomic E-state index is 15.0. The zero-order valence-electron chi connectivity index (χ0n) is 19.8. The molecule has 2 fully saturated rings. The van der Waals surface area contributed by atoms with Gasteiger partial charge in [-0.3, -0.25) is 4.90 Å². The van der Waals surface area contributed by atoms with E-state index in [9.17, 15) is 14.3 Å². The number of nitrogens with zero attached hydrogens (tertiary/aromatic N) is 3. The lowest BCUT2D eigenvalue weighted by molar-refractivity contribution is -0.0592. The molecule has 0 spiro atoms. The van der Waals surface area contributed by atoms with Crippen molar-refractivity contribution < 1.29 is 28.5 Å². The SMILES string of the molecule is CC1(C)Oc2cccc(C3CCN(Cc4nc5sc(C(=O)O)c(F)c5n4C[C@@H]4CCO4)CC3)c2O1. The van der Waals surface area contributed by atoms with E-state index in [2.05, 4.69) is 16.0 Å². The molecule has 1 aromatic carbocycles. The van der Waals surface area contributed by atoms with Gasteiger partial charge < -0.3 is 23.9 Å². The standard InChI is InChI=1S/C25H28FN3O5S/c1-25(2)33-17-5-3-4-16(21(17)34-25)14-6-9-28(10-7-14)13-18-27-23-20(19(26)22(35-23)24(30)31)29(18)12-15-8-11-32-15/h3-5,14-15H,6-13H2,1-2H3,(H,30,31)/t15-/m0/s1. The molecule has 186 valence electrons. The van der Waals surface area contributed by atoms with Crippen molar-refractivity contribution in [3.05, 3.63) is 40.3 Å². The molecule has 3 aliphatic heterocycles. The van der Waals surface area contributed by atoms with Crippen LogP contribution in [0.25, 0.3) is 10.3 Å². The van der Waals surface area contributed by atoms with Crippen LogP contribution in [0.5, 0.6) is 11.5 Å². The third-order valence-corrected chi connectivity index (χ3v) is 8.14. The Bertz CT molecular complexity index is 1290. The summed E-state index contributed by atoms with van der Waals surface area (Å²) in [6.45, 7) is 7.36. The van der Waals surface area contributed by atoms with Gasteiger partial charge in [-0.2, -0.15) is 0 Å². The number of hydrogen-bond acceptors (Lipinski definition) is 7. The van der Waals surface area contributed by atoms with Crippen LogP contribution in [0.3, 0.4) is 0 Å². The molecule has 1 N–H and O–H groups in total. The van der Waals surface area contributed by atoms with Gasteiger partial charge in [0.1, 0.15) is 16.2 Å². The first-order chi connectivity index (χ1) is 16.8. The van der Waals surface area contributed by atoms with E-state index in [4.69, 9.17) is 14.2 Å². The smallest absolute Gasteiger partial charge is 0.349 e. The second kappa shape index (κ2) is 8.46. The van der Waals surface area contributed by atoms with Crippen molar-refractivity contribution in [1.82, 2.24) is 14.5 Å². The predicted octanol–water partition coefficient (Wildman–Crippen LogP) is 4.61. The highest BCUT2D eigenvalue weighted by Crippen LogP contribution is 2.46. The van der Waals surface area contributed by atoms with E-state index in [1.807, 2.05) is 30.5 Å². The number of fused-ring (bicyclic) bond motifs is 2. The van der Waals surface area contributed by atoms with Crippen LogP contribution in [0.2, 0.25) is 0 Å². The van der Waals surface area contributed by atoms with E-state index in [-0.39, 0.29) is 16.5 Å². The number of halogens is 1. The number of benzene rings is 1. The summed E-state index contributed by atoms with van der Waals surface area (Å²) >= 11 is 0.899. The first-order valence-corrected chi connectivity index (χ1v) is 12.9. The molecule has 10 heteroatoms. The minimum Gasteiger partial charge on any atom is -0.477 e. The molecule has 1 atom stereocenters. The first-order valence-electron chi connectivity index (χ1n) is 12.0. The van der Waals surface area contributed by atoms with Gasteiger partial charge in [-0.15, -0.1) is 11.3 Å². The van der Waals surface area contributed by atoms with Gasteiger partial charge in [0.15, 0.2) is 22.2 Å². The second-order valence-corrected chi connectivity index (χ2v) is 11.0. The minimum absolute atomic E-state index is 0.0103. The van der Waals surface area contributed by atoms with Crippen LogP contribution < -0.4 is 9.47 Å². The summed E-state index contributed by atoms with van der Waals surface area (Å²) < 4.78 is 34.4. The topological polar surface area (TPSA) is 86.1 Å². The number of carbonyl (C=O) groups is 1. The quantitative estimate of drug-likeness (QED) is 0.528. The Morgan fingerprint density at radius 1 is 1.26 bits per heavy atom. The molecule has 0 aliphatic carbocycles. The fraction of sp³-hybridized carbons (Fsp3) is 0.520. The van der Waals surface area contributed by atoms with Gasteiger partial charge in [-0.1, -0.05) is 12.1 Å². The molecule has 5 heterocycles. The van der Waals surface area contributed by atoms with Crippen molar-refractivity contribution in [1.29, 1.82) is 0 Å². The zero-order chi connectivity index (χ0) is 24.3. The lowest BCUT2D eigenvalue weighted by atomic mass is 9.88. The number of piperidine rings is 1. The molecule has 6 rings (SSSR count). The number of aromatic carboxylic acids is 1. The Labute approximate surface area is 206 Å². The van der Waals surface area contributed by atoms with Gasteiger partial charge in [0, 0.05) is 26.0 Å². The average Bonchev–Trinajstić information content (AvgIpc) is 3.40. The van der Waals surface area contributed by atoms with Crippen molar-refractivity contribution in [2.24, 2.45) is 0 Å².